The molecule has 45 heavy (non-hydrogen) atoms. The molecule has 0 saturated carbocycles. The number of ether oxygens (including phenoxy) is 1. The maximum absolute atomic E-state index is 12.2. The molecule has 0 spiro atoms. The van der Waals surface area contributed by atoms with Gasteiger partial charge < -0.3 is 37.7 Å². The van der Waals surface area contributed by atoms with Crippen molar-refractivity contribution < 1.29 is 49.2 Å². The number of carboxylic acids is 1. The maximum Gasteiger partial charge on any atom is 0.408 e. The number of Topliss-reactive ketones (excluding diaryl/α,β-unsaturated/α-hetero) is 2. The zero-order chi connectivity index (χ0) is 36.2. The predicted molar refractivity (Wildman–Crippen MR) is 166 cm³/mol. The fourth-order valence-electron chi connectivity index (χ4n) is 2.83. The fraction of sp³-hybridized carbons (Fsp3) is 0.567. The Morgan fingerprint density at radius 1 is 0.889 bits per heavy atom. The number of rotatable bonds is 16. The first kappa shape index (κ1) is 42.7. The summed E-state index contributed by atoms with van der Waals surface area (Å²) in [4.78, 5) is 77.7. The lowest BCUT2D eigenvalue weighted by Gasteiger charge is -2.17. The minimum absolute atomic E-state index is 0.0179. The molecule has 0 aliphatic heterocycles. The normalized spacial score (nSPS) is 12.6. The van der Waals surface area contributed by atoms with E-state index in [-0.39, 0.29) is 49.5 Å². The third-order valence-corrected chi connectivity index (χ3v) is 6.12. The number of hydrogen-bond donors (Lipinski definition) is 6. The SMILES string of the molecule is CC[C@H](C)C(=O)CN.CC[C@H](C)C(=O)CNC(=O)[C@H](CC(N)=O)NC(=O)OCc1ccccc1.C[C@@H](CC(N)=O)C(=O)O.[2H]CF. The number of nitrogens with two attached hydrogens (primary N) is 3. The number of carbonyl (C=O) groups excluding carboxylic acids is 6. The van der Waals surface area contributed by atoms with Crippen LogP contribution >= 0.6 is 0 Å². The molecule has 0 aliphatic carbocycles. The van der Waals surface area contributed by atoms with Gasteiger partial charge in [0, 0.05) is 18.3 Å². The van der Waals surface area contributed by atoms with Gasteiger partial charge in [-0.05, 0) is 18.4 Å². The number of ketones is 2. The van der Waals surface area contributed by atoms with E-state index in [0.717, 1.165) is 12.0 Å². The van der Waals surface area contributed by atoms with Crippen molar-refractivity contribution in [2.75, 3.05) is 20.2 Å². The van der Waals surface area contributed by atoms with Gasteiger partial charge in [-0.3, -0.25) is 33.2 Å². The summed E-state index contributed by atoms with van der Waals surface area (Å²) >= 11 is 0. The summed E-state index contributed by atoms with van der Waals surface area (Å²) in [5.74, 6) is -3.67. The molecule has 1 aromatic carbocycles. The van der Waals surface area contributed by atoms with E-state index in [1.54, 1.807) is 31.2 Å². The van der Waals surface area contributed by atoms with Crippen molar-refractivity contribution in [1.82, 2.24) is 10.6 Å². The number of carboxylic acid groups (broad SMARTS) is 1. The lowest BCUT2D eigenvalue weighted by Crippen LogP contribution is -2.50. The number of aliphatic carboxylic acids is 1. The lowest BCUT2D eigenvalue weighted by molar-refractivity contribution is -0.143. The van der Waals surface area contributed by atoms with E-state index in [2.05, 4.69) is 10.6 Å². The lowest BCUT2D eigenvalue weighted by atomic mass is 10.0. The second-order valence-corrected chi connectivity index (χ2v) is 9.81. The van der Waals surface area contributed by atoms with Crippen LogP contribution in [0.25, 0.3) is 0 Å². The number of primary amides is 2. The number of nitrogens with one attached hydrogen (secondary N) is 2. The molecule has 1 aromatic rings. The highest BCUT2D eigenvalue weighted by Gasteiger charge is 2.24. The Kier molecular flexibility index (Phi) is 25.8. The van der Waals surface area contributed by atoms with Gasteiger partial charge in [-0.1, -0.05) is 65.0 Å². The average molecular weight is 645 g/mol. The molecule has 0 saturated heterocycles. The molecule has 0 heterocycles. The molecule has 15 heteroatoms. The largest absolute Gasteiger partial charge is 0.481 e. The summed E-state index contributed by atoms with van der Waals surface area (Å²) in [7, 11) is -1.00. The van der Waals surface area contributed by atoms with Crippen LogP contribution in [0, 0.1) is 17.8 Å². The van der Waals surface area contributed by atoms with Crippen LogP contribution in [0.5, 0.6) is 0 Å². The van der Waals surface area contributed by atoms with Crippen molar-refractivity contribution in [3.05, 3.63) is 35.9 Å². The molecule has 0 aromatic heterocycles. The third-order valence-electron chi connectivity index (χ3n) is 6.12. The number of carbonyl (C=O) groups is 7. The summed E-state index contributed by atoms with van der Waals surface area (Å²) in [6, 6.07) is 7.78. The van der Waals surface area contributed by atoms with Crippen molar-refractivity contribution >= 4 is 41.4 Å². The summed E-state index contributed by atoms with van der Waals surface area (Å²) in [5.41, 5.74) is 15.7. The summed E-state index contributed by atoms with van der Waals surface area (Å²) in [5, 5.41) is 12.9. The maximum atomic E-state index is 12.2. The number of amides is 4. The number of halogens is 1. The first-order chi connectivity index (χ1) is 21.5. The topological polar surface area (TPSA) is 251 Å². The van der Waals surface area contributed by atoms with Crippen LogP contribution in [0.15, 0.2) is 30.3 Å². The highest BCUT2D eigenvalue weighted by atomic mass is 19.1. The van der Waals surface area contributed by atoms with Gasteiger partial charge in [0.2, 0.25) is 17.7 Å². The molecule has 0 unspecified atom stereocenters. The molecule has 0 fully saturated rings. The monoisotopic (exact) mass is 644 g/mol. The van der Waals surface area contributed by atoms with Gasteiger partial charge in [-0.2, -0.15) is 0 Å². The Bertz CT molecular complexity index is 1080. The third kappa shape index (κ3) is 24.7. The van der Waals surface area contributed by atoms with E-state index in [4.69, 9.17) is 28.4 Å². The first-order valence-corrected chi connectivity index (χ1v) is 14.2. The molecule has 0 aliphatic rings. The average Bonchev–Trinajstić information content (AvgIpc) is 3.01. The fourth-order valence-corrected chi connectivity index (χ4v) is 2.83. The van der Waals surface area contributed by atoms with Gasteiger partial charge in [0.15, 0.2) is 5.78 Å². The van der Waals surface area contributed by atoms with Gasteiger partial charge in [0.25, 0.3) is 0 Å². The zero-order valence-corrected chi connectivity index (χ0v) is 26.7. The number of hydrogen-bond acceptors (Lipinski definition) is 9. The molecule has 256 valence electrons. The second kappa shape index (κ2) is 27.2. The van der Waals surface area contributed by atoms with E-state index < -0.39 is 55.3 Å². The van der Waals surface area contributed by atoms with Crippen molar-refractivity contribution in [2.24, 2.45) is 35.0 Å². The number of benzene rings is 1. The molecule has 1 rings (SSSR count). The molecular formula is C30H50FN5O9. The quantitative estimate of drug-likeness (QED) is 0.152. The molecular weight excluding hydrogens is 593 g/mol. The van der Waals surface area contributed by atoms with E-state index in [1.807, 2.05) is 26.8 Å². The number of alkyl halides is 1. The van der Waals surface area contributed by atoms with Crippen LogP contribution in [0.1, 0.15) is 67.2 Å². The van der Waals surface area contributed by atoms with Gasteiger partial charge in [0.1, 0.15) is 18.4 Å². The summed E-state index contributed by atoms with van der Waals surface area (Å²) in [6.07, 6.45) is 0.210. The molecule has 4 atom stereocenters. The van der Waals surface area contributed by atoms with Gasteiger partial charge >= 0.3 is 12.1 Å². The van der Waals surface area contributed by atoms with E-state index in [9.17, 15) is 38.0 Å². The molecule has 9 N–H and O–H groups in total. The van der Waals surface area contributed by atoms with Crippen molar-refractivity contribution in [3.8, 4) is 0 Å². The predicted octanol–water partition coefficient (Wildman–Crippen LogP) is 1.62. The summed E-state index contributed by atoms with van der Waals surface area (Å²) in [6.45, 7) is 8.97. The minimum Gasteiger partial charge on any atom is -0.481 e. The van der Waals surface area contributed by atoms with Crippen molar-refractivity contribution in [1.29, 1.82) is 0 Å². The van der Waals surface area contributed by atoms with E-state index in [1.165, 1.54) is 6.92 Å². The van der Waals surface area contributed by atoms with Crippen LogP contribution in [-0.2, 0) is 40.1 Å². The minimum atomic E-state index is -1.21. The highest BCUT2D eigenvalue weighted by Crippen LogP contribution is 2.03. The molecule has 4 amide bonds. The summed E-state index contributed by atoms with van der Waals surface area (Å²) < 4.78 is 20.5. The van der Waals surface area contributed by atoms with Crippen LogP contribution in [0.4, 0.5) is 9.18 Å². The molecule has 0 bridgehead atoms. The highest BCUT2D eigenvalue weighted by molar-refractivity contribution is 5.93. The van der Waals surface area contributed by atoms with E-state index >= 15 is 0 Å². The zero-order valence-electron chi connectivity index (χ0n) is 27.7. The van der Waals surface area contributed by atoms with Crippen molar-refractivity contribution in [2.45, 2.75) is 73.0 Å². The van der Waals surface area contributed by atoms with E-state index in [0.29, 0.717) is 6.42 Å². The second-order valence-electron chi connectivity index (χ2n) is 9.81. The number of alkyl carbamates (subject to hydrolysis) is 1. The Morgan fingerprint density at radius 2 is 1.38 bits per heavy atom. The molecule has 14 nitrogen and oxygen atoms in total. The van der Waals surface area contributed by atoms with Crippen molar-refractivity contribution in [3.63, 3.8) is 0 Å². The van der Waals surface area contributed by atoms with Crippen LogP contribution in [0.2, 0.25) is 0 Å². The Hall–Kier alpha value is -4.40. The van der Waals surface area contributed by atoms with Gasteiger partial charge in [-0.15, -0.1) is 0 Å². The smallest absolute Gasteiger partial charge is 0.408 e. The Balaban J connectivity index is -0.000000751. The van der Waals surface area contributed by atoms with Gasteiger partial charge in [0.05, 0.1) is 34.0 Å². The van der Waals surface area contributed by atoms with Crippen LogP contribution in [-0.4, -0.2) is 72.7 Å². The Labute approximate surface area is 265 Å². The molecule has 0 radical (unpaired) electrons. The van der Waals surface area contributed by atoms with Crippen LogP contribution in [0.3, 0.4) is 0 Å². The first-order valence-electron chi connectivity index (χ1n) is 14.9. The Morgan fingerprint density at radius 3 is 1.76 bits per heavy atom. The standard InChI is InChI=1S/C18H25N3O5.C6H13NO.C5H9NO3.CH3F/c1-3-12(2)15(22)10-20-17(24)14(9-16(19)23)21-18(25)26-11-13-7-5-4-6-8-13;1-3-5(2)6(8)4-7;1-3(5(8)9)2-4(6)7;1-2/h4-8,12,14H,3,9-11H2,1-2H3,(H2,19,23)(H,20,24)(H,21,25);5H,3-4,7H2,1-2H3;3H,2H2,1H3,(H2,6,7)(H,8,9);1H3/t12-,14-;5-;3-;/m000./s1/i;;;1D. The van der Waals surface area contributed by atoms with Gasteiger partial charge in [-0.25, -0.2) is 4.79 Å². The van der Waals surface area contributed by atoms with Crippen LogP contribution < -0.4 is 27.8 Å².